The molecule has 0 unspecified atom stereocenters. The fourth-order valence-corrected chi connectivity index (χ4v) is 4.46. The lowest BCUT2D eigenvalue weighted by Crippen LogP contribution is -2.57. The van der Waals surface area contributed by atoms with Crippen LogP contribution in [0.1, 0.15) is 169 Å². The fourth-order valence-electron chi connectivity index (χ4n) is 4.46. The second kappa shape index (κ2) is 37.5. The van der Waals surface area contributed by atoms with Gasteiger partial charge in [0.15, 0.2) is 0 Å². The second-order valence-corrected chi connectivity index (χ2v) is 12.7. The van der Waals surface area contributed by atoms with Gasteiger partial charge in [-0.05, 0) is 77.0 Å². The molecule has 0 aromatic carbocycles. The van der Waals surface area contributed by atoms with E-state index in [0.29, 0.717) is 12.8 Å². The van der Waals surface area contributed by atoms with Crippen molar-refractivity contribution in [2.75, 3.05) is 26.2 Å². The molecule has 2 aliphatic rings. The highest BCUT2D eigenvalue weighted by atomic mass is 16.4. The standard InChI is InChI=1S/4C6H15N.2C6H8O4/c4*1-2-3-4-5-6-7;2*7-4(8)6(5(9)10)2-1-3-6/h4*2-7H2,1H3;2*1-3H2,(H,7,8)(H,9,10). The number of aliphatic carboxylic acids is 4. The van der Waals surface area contributed by atoms with Crippen molar-refractivity contribution in [1.82, 2.24) is 0 Å². The van der Waals surface area contributed by atoms with Gasteiger partial charge in [0.05, 0.1) is 50.1 Å². The van der Waals surface area contributed by atoms with Gasteiger partial charge in [0.1, 0.15) is 0 Å². The third-order valence-electron chi connectivity index (χ3n) is 8.39. The van der Waals surface area contributed by atoms with Crippen LogP contribution in [0.5, 0.6) is 0 Å². The van der Waals surface area contributed by atoms with E-state index in [-0.39, 0.29) is 25.7 Å². The van der Waals surface area contributed by atoms with E-state index in [4.69, 9.17) is 0 Å². The van der Waals surface area contributed by atoms with Gasteiger partial charge in [0.2, 0.25) is 0 Å². The Hall–Kier alpha value is -2.28. The first-order valence-electron chi connectivity index (χ1n) is 18.9. The van der Waals surface area contributed by atoms with Gasteiger partial charge in [-0.1, -0.05) is 91.9 Å². The highest BCUT2D eigenvalue weighted by Gasteiger charge is 2.40. The SMILES string of the molecule is CCCCCC[NH3+].CCCCCC[NH3+].CCCCCC[NH3+].CCCCCC[NH3+].O=C([O-])C1(C(=O)[O-])CCC1.O=C([O-])C1(C(=O)[O-])CCC1. The summed E-state index contributed by atoms with van der Waals surface area (Å²) in [7, 11) is 0. The molecule has 0 aliphatic heterocycles. The average Bonchev–Trinajstić information content (AvgIpc) is 2.98. The molecule has 0 bridgehead atoms. The van der Waals surface area contributed by atoms with Crippen LogP contribution in [0.15, 0.2) is 0 Å². The minimum absolute atomic E-state index is 0.150. The van der Waals surface area contributed by atoms with Crippen LogP contribution in [0.2, 0.25) is 0 Å². The molecule has 0 saturated heterocycles. The smallest absolute Gasteiger partial charge is 0.0739 e. The summed E-state index contributed by atoms with van der Waals surface area (Å²) in [5.41, 5.74) is 11.7. The molecular weight excluding hydrogens is 616 g/mol. The number of carbonyl (C=O) groups excluding carboxylic acids is 4. The Labute approximate surface area is 292 Å². The first-order valence-corrected chi connectivity index (χ1v) is 18.9. The lowest BCUT2D eigenvalue weighted by atomic mass is 9.69. The van der Waals surface area contributed by atoms with E-state index in [9.17, 15) is 39.6 Å². The lowest BCUT2D eigenvalue weighted by Gasteiger charge is -2.43. The first-order chi connectivity index (χ1) is 22.8. The average molecular weight is 693 g/mol. The molecule has 0 heterocycles. The van der Waals surface area contributed by atoms with Crippen LogP contribution in [0.4, 0.5) is 0 Å². The molecule has 0 atom stereocenters. The highest BCUT2D eigenvalue weighted by Crippen LogP contribution is 2.40. The zero-order valence-electron chi connectivity index (χ0n) is 31.5. The molecule has 2 aliphatic carbocycles. The molecule has 0 aromatic rings. The number of hydrogen-bond donors (Lipinski definition) is 4. The first kappa shape index (κ1) is 52.5. The Balaban J connectivity index is -0.000000245. The number of hydrogen-bond acceptors (Lipinski definition) is 8. The van der Waals surface area contributed by atoms with Gasteiger partial charge in [-0.2, -0.15) is 0 Å². The van der Waals surface area contributed by atoms with E-state index in [1.807, 2.05) is 0 Å². The molecule has 0 spiro atoms. The maximum absolute atomic E-state index is 10.2. The van der Waals surface area contributed by atoms with Crippen molar-refractivity contribution in [3.05, 3.63) is 0 Å². The van der Waals surface area contributed by atoms with E-state index in [0.717, 1.165) is 26.2 Å². The Morgan fingerprint density at radius 1 is 0.396 bits per heavy atom. The van der Waals surface area contributed by atoms with E-state index >= 15 is 0 Å². The maximum atomic E-state index is 10.2. The van der Waals surface area contributed by atoms with Crippen LogP contribution in [0.25, 0.3) is 0 Å². The summed E-state index contributed by atoms with van der Waals surface area (Å²) in [6, 6.07) is 0. The number of carbonyl (C=O) groups is 4. The van der Waals surface area contributed by atoms with E-state index < -0.39 is 34.7 Å². The number of carboxylic acid groups (broad SMARTS) is 4. The van der Waals surface area contributed by atoms with Crippen LogP contribution in [-0.2, 0) is 19.2 Å². The van der Waals surface area contributed by atoms with Crippen molar-refractivity contribution in [3.63, 3.8) is 0 Å². The molecule has 12 N–H and O–H groups in total. The van der Waals surface area contributed by atoms with Crippen LogP contribution in [0.3, 0.4) is 0 Å². The Kier molecular flexibility index (Phi) is 41.1. The summed E-state index contributed by atoms with van der Waals surface area (Å²) in [6.07, 6.45) is 23.5. The van der Waals surface area contributed by atoms with E-state index in [1.165, 1.54) is 103 Å². The van der Waals surface area contributed by atoms with Crippen molar-refractivity contribution >= 4 is 23.9 Å². The van der Waals surface area contributed by atoms with Crippen LogP contribution in [-0.4, -0.2) is 50.1 Å². The molecule has 0 radical (unpaired) electrons. The number of quaternary nitrogens is 4. The fraction of sp³-hybridized carbons (Fsp3) is 0.889. The van der Waals surface area contributed by atoms with Crippen LogP contribution < -0.4 is 43.4 Å². The second-order valence-electron chi connectivity index (χ2n) is 12.7. The summed E-state index contributed by atoms with van der Waals surface area (Å²) < 4.78 is 0. The molecule has 12 heteroatoms. The summed E-state index contributed by atoms with van der Waals surface area (Å²) in [6.45, 7) is 13.3. The monoisotopic (exact) mass is 693 g/mol. The van der Waals surface area contributed by atoms with Crippen molar-refractivity contribution in [3.8, 4) is 0 Å². The summed E-state index contributed by atoms with van der Waals surface area (Å²) in [5.74, 6) is -6.06. The van der Waals surface area contributed by atoms with E-state index in [1.54, 1.807) is 0 Å². The van der Waals surface area contributed by atoms with Crippen LogP contribution in [0, 0.1) is 10.8 Å². The maximum Gasteiger partial charge on any atom is 0.0739 e. The third kappa shape index (κ3) is 27.6. The molecule has 2 saturated carbocycles. The normalized spacial score (nSPS) is 14.3. The van der Waals surface area contributed by atoms with Gasteiger partial charge in [0.25, 0.3) is 0 Å². The third-order valence-corrected chi connectivity index (χ3v) is 8.39. The molecule has 2 fully saturated rings. The molecular formula is C36H76N4O8. The summed E-state index contributed by atoms with van der Waals surface area (Å²) in [4.78, 5) is 40.9. The number of carboxylic acids is 4. The Bertz CT molecular complexity index is 630. The molecule has 0 amide bonds. The van der Waals surface area contributed by atoms with Crippen molar-refractivity contribution in [2.24, 2.45) is 10.8 Å². The minimum atomic E-state index is -1.67. The zero-order chi connectivity index (χ0) is 37.7. The van der Waals surface area contributed by atoms with Gasteiger partial charge in [0, 0.05) is 10.8 Å². The predicted molar refractivity (Wildman–Crippen MR) is 180 cm³/mol. The summed E-state index contributed by atoms with van der Waals surface area (Å²) in [5, 5.41) is 40.9. The zero-order valence-corrected chi connectivity index (χ0v) is 31.5. The molecule has 2 rings (SSSR count). The van der Waals surface area contributed by atoms with Gasteiger partial charge in [-0.3, -0.25) is 0 Å². The lowest BCUT2D eigenvalue weighted by molar-refractivity contribution is -0.368. The van der Waals surface area contributed by atoms with Gasteiger partial charge < -0.3 is 62.5 Å². The molecule has 0 aromatic heterocycles. The van der Waals surface area contributed by atoms with Gasteiger partial charge in [-0.25, -0.2) is 0 Å². The summed E-state index contributed by atoms with van der Waals surface area (Å²) >= 11 is 0. The highest BCUT2D eigenvalue weighted by molar-refractivity contribution is 5.97. The van der Waals surface area contributed by atoms with Crippen molar-refractivity contribution in [2.45, 2.75) is 169 Å². The Morgan fingerprint density at radius 3 is 0.646 bits per heavy atom. The minimum Gasteiger partial charge on any atom is -0.549 e. The van der Waals surface area contributed by atoms with Crippen LogP contribution >= 0.6 is 0 Å². The number of unbranched alkanes of at least 4 members (excludes halogenated alkanes) is 12. The largest absolute Gasteiger partial charge is 0.549 e. The van der Waals surface area contributed by atoms with Gasteiger partial charge >= 0.3 is 0 Å². The topological polar surface area (TPSA) is 271 Å². The molecule has 48 heavy (non-hydrogen) atoms. The van der Waals surface area contributed by atoms with Crippen molar-refractivity contribution in [1.29, 1.82) is 0 Å². The van der Waals surface area contributed by atoms with E-state index in [2.05, 4.69) is 50.6 Å². The number of rotatable bonds is 20. The quantitative estimate of drug-likeness (QED) is 0.0863. The predicted octanol–water partition coefficient (Wildman–Crippen LogP) is -1.45. The molecule has 288 valence electrons. The van der Waals surface area contributed by atoms with Crippen molar-refractivity contribution < 1.29 is 62.5 Å². The van der Waals surface area contributed by atoms with Gasteiger partial charge in [-0.15, -0.1) is 0 Å². The Morgan fingerprint density at radius 2 is 0.583 bits per heavy atom. The molecule has 12 nitrogen and oxygen atoms in total.